The summed E-state index contributed by atoms with van der Waals surface area (Å²) in [5.74, 6) is 0.683. The van der Waals surface area contributed by atoms with E-state index in [9.17, 15) is 4.79 Å². The molecule has 18 heavy (non-hydrogen) atoms. The molecule has 1 heterocycles. The Morgan fingerprint density at radius 1 is 1.28 bits per heavy atom. The summed E-state index contributed by atoms with van der Waals surface area (Å²) in [6.07, 6.45) is 0.908. The van der Waals surface area contributed by atoms with Gasteiger partial charge in [0.05, 0.1) is 6.04 Å². The number of benzene rings is 1. The van der Waals surface area contributed by atoms with Crippen molar-refractivity contribution in [2.45, 2.75) is 32.4 Å². The van der Waals surface area contributed by atoms with Crippen LogP contribution in [0.2, 0.25) is 0 Å². The van der Waals surface area contributed by atoms with Crippen LogP contribution in [0.5, 0.6) is 0 Å². The molecule has 1 aliphatic heterocycles. The van der Waals surface area contributed by atoms with Crippen molar-refractivity contribution in [2.24, 2.45) is 5.92 Å². The Morgan fingerprint density at radius 2 is 1.94 bits per heavy atom. The number of likely N-dealkylation sites (tertiary alicyclic amines) is 1. The topological polar surface area (TPSA) is 32.3 Å². The summed E-state index contributed by atoms with van der Waals surface area (Å²) in [7, 11) is 1.87. The van der Waals surface area contributed by atoms with Gasteiger partial charge in [0.15, 0.2) is 0 Å². The molecule has 0 spiro atoms. The van der Waals surface area contributed by atoms with Crippen LogP contribution in [0.4, 0.5) is 0 Å². The maximum atomic E-state index is 12.0. The molecule has 2 unspecified atom stereocenters. The number of nitrogens with zero attached hydrogens (tertiary/aromatic N) is 1. The van der Waals surface area contributed by atoms with E-state index in [2.05, 4.69) is 43.4 Å². The van der Waals surface area contributed by atoms with Gasteiger partial charge in [0.2, 0.25) is 5.91 Å². The van der Waals surface area contributed by atoms with Gasteiger partial charge in [-0.15, -0.1) is 0 Å². The fourth-order valence-corrected chi connectivity index (χ4v) is 2.53. The third kappa shape index (κ3) is 2.72. The fourth-order valence-electron chi connectivity index (χ4n) is 2.53. The normalized spacial score (nSPS) is 21.7. The zero-order valence-corrected chi connectivity index (χ0v) is 11.4. The molecule has 0 aromatic heterocycles. The minimum Gasteiger partial charge on any atom is -0.344 e. The van der Waals surface area contributed by atoms with Gasteiger partial charge < -0.3 is 4.90 Å². The molecule has 1 aliphatic rings. The maximum absolute atomic E-state index is 12.0. The van der Waals surface area contributed by atoms with Crippen molar-refractivity contribution >= 4 is 5.91 Å². The molecular weight excluding hydrogens is 224 g/mol. The Labute approximate surface area is 109 Å². The number of likely N-dealkylation sites (N-methyl/N-ethyl adjacent to an activating group) is 1. The molecule has 1 amide bonds. The Morgan fingerprint density at radius 3 is 2.44 bits per heavy atom. The lowest BCUT2D eigenvalue weighted by atomic mass is 9.95. The van der Waals surface area contributed by atoms with Crippen molar-refractivity contribution in [2.75, 3.05) is 13.6 Å². The average Bonchev–Trinajstić information content (AvgIpc) is 2.68. The molecular formula is C15H22N2O. The molecule has 2 atom stereocenters. The molecule has 1 N–H and O–H groups in total. The van der Waals surface area contributed by atoms with Crippen molar-refractivity contribution in [3.63, 3.8) is 0 Å². The van der Waals surface area contributed by atoms with E-state index in [0.717, 1.165) is 13.0 Å². The van der Waals surface area contributed by atoms with Crippen LogP contribution in [-0.4, -0.2) is 30.4 Å². The molecule has 1 aromatic carbocycles. The van der Waals surface area contributed by atoms with Crippen molar-refractivity contribution in [3.8, 4) is 0 Å². The van der Waals surface area contributed by atoms with Crippen molar-refractivity contribution in [1.29, 1.82) is 0 Å². The molecule has 1 saturated heterocycles. The highest BCUT2D eigenvalue weighted by Crippen LogP contribution is 2.24. The van der Waals surface area contributed by atoms with Gasteiger partial charge >= 0.3 is 0 Å². The highest BCUT2D eigenvalue weighted by atomic mass is 16.2. The number of hydrogen-bond acceptors (Lipinski definition) is 2. The molecule has 3 heteroatoms. The predicted octanol–water partition coefficient (Wildman–Crippen LogP) is 2.20. The Bertz CT molecular complexity index is 402. The van der Waals surface area contributed by atoms with Crippen molar-refractivity contribution in [1.82, 2.24) is 10.2 Å². The summed E-state index contributed by atoms with van der Waals surface area (Å²) in [4.78, 5) is 13.8. The number of rotatable bonds is 4. The number of carbonyl (C=O) groups excluding carboxylic acids is 1. The van der Waals surface area contributed by atoms with Gasteiger partial charge in [0.25, 0.3) is 0 Å². The standard InChI is InChI=1S/C15H22N2O/c1-11(2)14(12-7-5-4-6-8-12)16-13-9-10-17(3)15(13)18/h4-8,11,13-14,16H,9-10H2,1-3H3. The van der Waals surface area contributed by atoms with Crippen LogP contribution < -0.4 is 5.32 Å². The summed E-state index contributed by atoms with van der Waals surface area (Å²) < 4.78 is 0. The fraction of sp³-hybridized carbons (Fsp3) is 0.533. The predicted molar refractivity (Wildman–Crippen MR) is 73.2 cm³/mol. The zero-order valence-electron chi connectivity index (χ0n) is 11.4. The monoisotopic (exact) mass is 246 g/mol. The van der Waals surface area contributed by atoms with E-state index in [0.29, 0.717) is 5.92 Å². The third-order valence-corrected chi connectivity index (χ3v) is 3.63. The van der Waals surface area contributed by atoms with Gasteiger partial charge in [-0.05, 0) is 17.9 Å². The first-order chi connectivity index (χ1) is 8.59. The molecule has 1 fully saturated rings. The second kappa shape index (κ2) is 5.53. The van der Waals surface area contributed by atoms with E-state index in [1.165, 1.54) is 5.56 Å². The van der Waals surface area contributed by atoms with Gasteiger partial charge in [0.1, 0.15) is 0 Å². The van der Waals surface area contributed by atoms with Gasteiger partial charge in [-0.2, -0.15) is 0 Å². The molecule has 0 aliphatic carbocycles. The molecule has 0 radical (unpaired) electrons. The highest BCUT2D eigenvalue weighted by Gasteiger charge is 2.31. The molecule has 0 saturated carbocycles. The van der Waals surface area contributed by atoms with E-state index < -0.39 is 0 Å². The summed E-state index contributed by atoms with van der Waals surface area (Å²) in [6, 6.07) is 10.6. The second-order valence-corrected chi connectivity index (χ2v) is 5.40. The molecule has 2 rings (SSSR count). The van der Waals surface area contributed by atoms with Crippen LogP contribution in [0.1, 0.15) is 31.9 Å². The second-order valence-electron chi connectivity index (χ2n) is 5.40. The first-order valence-electron chi connectivity index (χ1n) is 6.65. The van der Waals surface area contributed by atoms with E-state index >= 15 is 0 Å². The molecule has 98 valence electrons. The summed E-state index contributed by atoms with van der Waals surface area (Å²) in [5.41, 5.74) is 1.26. The maximum Gasteiger partial charge on any atom is 0.239 e. The van der Waals surface area contributed by atoms with Crippen LogP contribution in [-0.2, 0) is 4.79 Å². The zero-order chi connectivity index (χ0) is 13.1. The lowest BCUT2D eigenvalue weighted by molar-refractivity contribution is -0.128. The average molecular weight is 246 g/mol. The number of amides is 1. The highest BCUT2D eigenvalue weighted by molar-refractivity contribution is 5.83. The minimum absolute atomic E-state index is 0.0254. The Kier molecular flexibility index (Phi) is 4.02. The van der Waals surface area contributed by atoms with Crippen LogP contribution in [0.3, 0.4) is 0 Å². The van der Waals surface area contributed by atoms with Crippen LogP contribution in [0.25, 0.3) is 0 Å². The summed E-state index contributed by atoms with van der Waals surface area (Å²) in [6.45, 7) is 5.23. The van der Waals surface area contributed by atoms with Gasteiger partial charge in [-0.3, -0.25) is 10.1 Å². The van der Waals surface area contributed by atoms with Gasteiger partial charge in [-0.1, -0.05) is 44.2 Å². The van der Waals surface area contributed by atoms with E-state index in [1.807, 2.05) is 13.1 Å². The van der Waals surface area contributed by atoms with Crippen LogP contribution >= 0.6 is 0 Å². The quantitative estimate of drug-likeness (QED) is 0.883. The van der Waals surface area contributed by atoms with E-state index in [-0.39, 0.29) is 18.0 Å². The van der Waals surface area contributed by atoms with Crippen molar-refractivity contribution < 1.29 is 4.79 Å². The molecule has 3 nitrogen and oxygen atoms in total. The van der Waals surface area contributed by atoms with Crippen LogP contribution in [0.15, 0.2) is 30.3 Å². The van der Waals surface area contributed by atoms with Crippen LogP contribution in [0, 0.1) is 5.92 Å². The SMILES string of the molecule is CC(C)C(NC1CCN(C)C1=O)c1ccccc1. The number of nitrogens with one attached hydrogen (secondary N) is 1. The lowest BCUT2D eigenvalue weighted by Gasteiger charge is -2.26. The van der Waals surface area contributed by atoms with Gasteiger partial charge in [0, 0.05) is 19.6 Å². The lowest BCUT2D eigenvalue weighted by Crippen LogP contribution is -2.40. The first-order valence-corrected chi connectivity index (χ1v) is 6.65. The Hall–Kier alpha value is -1.35. The Balaban J connectivity index is 2.11. The number of carbonyl (C=O) groups is 1. The van der Waals surface area contributed by atoms with Gasteiger partial charge in [-0.25, -0.2) is 0 Å². The molecule has 1 aromatic rings. The van der Waals surface area contributed by atoms with Crippen molar-refractivity contribution in [3.05, 3.63) is 35.9 Å². The summed E-state index contributed by atoms with van der Waals surface area (Å²) in [5, 5.41) is 3.52. The van der Waals surface area contributed by atoms with E-state index in [1.54, 1.807) is 4.90 Å². The first kappa shape index (κ1) is 13.1. The largest absolute Gasteiger partial charge is 0.344 e. The molecule has 0 bridgehead atoms. The third-order valence-electron chi connectivity index (χ3n) is 3.63. The summed E-state index contributed by atoms with van der Waals surface area (Å²) >= 11 is 0. The smallest absolute Gasteiger partial charge is 0.239 e. The van der Waals surface area contributed by atoms with E-state index in [4.69, 9.17) is 0 Å². The minimum atomic E-state index is -0.0254. The number of hydrogen-bond donors (Lipinski definition) is 1.